The minimum absolute atomic E-state index is 0.0514. The summed E-state index contributed by atoms with van der Waals surface area (Å²) in [6, 6.07) is 11.8. The zero-order valence-corrected chi connectivity index (χ0v) is 13.9. The van der Waals surface area contributed by atoms with Crippen LogP contribution in [-0.2, 0) is 0 Å². The molecule has 5 heteroatoms. The van der Waals surface area contributed by atoms with Gasteiger partial charge in [-0.3, -0.25) is 14.9 Å². The molecule has 0 aliphatic heterocycles. The lowest BCUT2D eigenvalue weighted by molar-refractivity contribution is -0.385. The molecule has 0 atom stereocenters. The maximum absolute atomic E-state index is 12.2. The quantitative estimate of drug-likeness (QED) is 0.337. The van der Waals surface area contributed by atoms with E-state index in [1.807, 2.05) is 38.1 Å². The Hall–Kier alpha value is -2.95. The summed E-state index contributed by atoms with van der Waals surface area (Å²) >= 11 is 0. The van der Waals surface area contributed by atoms with Crippen LogP contribution in [0.25, 0.3) is 6.08 Å². The number of allylic oxidation sites excluding steroid dienone is 1. The van der Waals surface area contributed by atoms with Gasteiger partial charge in [-0.1, -0.05) is 30.3 Å². The van der Waals surface area contributed by atoms with Crippen LogP contribution in [0.5, 0.6) is 5.75 Å². The summed E-state index contributed by atoms with van der Waals surface area (Å²) in [6.45, 7) is 5.55. The fraction of sp³-hybridized carbons (Fsp3) is 0.211. The number of ether oxygens (including phenoxy) is 1. The van der Waals surface area contributed by atoms with Crippen molar-refractivity contribution in [1.82, 2.24) is 0 Å². The molecule has 0 unspecified atom stereocenters. The van der Waals surface area contributed by atoms with Crippen LogP contribution >= 0.6 is 0 Å². The van der Waals surface area contributed by atoms with Crippen LogP contribution in [0.3, 0.4) is 0 Å². The number of hydrogen-bond acceptors (Lipinski definition) is 4. The van der Waals surface area contributed by atoms with Crippen LogP contribution in [0.4, 0.5) is 5.69 Å². The van der Waals surface area contributed by atoms with Crippen molar-refractivity contribution >= 4 is 17.5 Å². The number of rotatable bonds is 6. The van der Waals surface area contributed by atoms with Crippen molar-refractivity contribution in [3.05, 3.63) is 75.3 Å². The van der Waals surface area contributed by atoms with Gasteiger partial charge in [0.2, 0.25) is 0 Å². The Labute approximate surface area is 140 Å². The number of aryl methyl sites for hydroxylation is 1. The van der Waals surface area contributed by atoms with Crippen LogP contribution in [-0.4, -0.2) is 16.8 Å². The number of nitro benzene ring substituents is 1. The molecule has 0 spiro atoms. The number of carbonyl (C=O) groups excluding carboxylic acids is 1. The summed E-state index contributed by atoms with van der Waals surface area (Å²) in [5.41, 5.74) is 1.62. The van der Waals surface area contributed by atoms with Gasteiger partial charge in [0.25, 0.3) is 5.69 Å². The summed E-state index contributed by atoms with van der Waals surface area (Å²) in [6.07, 6.45) is 3.19. The molecular formula is C19H19NO4. The Balaban J connectivity index is 2.13. The third-order valence-corrected chi connectivity index (χ3v) is 3.37. The topological polar surface area (TPSA) is 69.4 Å². The zero-order valence-electron chi connectivity index (χ0n) is 13.9. The molecule has 24 heavy (non-hydrogen) atoms. The largest absolute Gasteiger partial charge is 0.491 e. The number of nitrogens with zero attached hydrogens (tertiary/aromatic N) is 1. The van der Waals surface area contributed by atoms with Crippen molar-refractivity contribution in [1.29, 1.82) is 0 Å². The van der Waals surface area contributed by atoms with Gasteiger partial charge < -0.3 is 4.74 Å². The van der Waals surface area contributed by atoms with Gasteiger partial charge in [0.1, 0.15) is 5.75 Å². The first-order valence-corrected chi connectivity index (χ1v) is 7.61. The van der Waals surface area contributed by atoms with Crippen molar-refractivity contribution in [2.45, 2.75) is 26.9 Å². The second-order valence-electron chi connectivity index (χ2n) is 5.69. The Morgan fingerprint density at radius 2 is 1.83 bits per heavy atom. The lowest BCUT2D eigenvalue weighted by Gasteiger charge is -2.09. The van der Waals surface area contributed by atoms with Gasteiger partial charge in [0.15, 0.2) is 5.78 Å². The number of benzene rings is 2. The fourth-order valence-electron chi connectivity index (χ4n) is 2.16. The maximum atomic E-state index is 12.2. The summed E-state index contributed by atoms with van der Waals surface area (Å²) in [5, 5.41) is 10.9. The lowest BCUT2D eigenvalue weighted by atomic mass is 10.1. The zero-order chi connectivity index (χ0) is 17.7. The molecule has 0 aromatic heterocycles. The van der Waals surface area contributed by atoms with E-state index in [9.17, 15) is 14.9 Å². The van der Waals surface area contributed by atoms with Gasteiger partial charge in [-0.15, -0.1) is 0 Å². The average molecular weight is 325 g/mol. The molecule has 0 N–H and O–H groups in total. The highest BCUT2D eigenvalue weighted by Crippen LogP contribution is 2.20. The molecule has 0 aliphatic carbocycles. The van der Waals surface area contributed by atoms with Gasteiger partial charge in [0.05, 0.1) is 11.0 Å². The van der Waals surface area contributed by atoms with Crippen LogP contribution in [0.15, 0.2) is 48.5 Å². The highest BCUT2D eigenvalue weighted by molar-refractivity contribution is 6.07. The van der Waals surface area contributed by atoms with Crippen LogP contribution in [0.2, 0.25) is 0 Å². The second kappa shape index (κ2) is 7.55. The predicted octanol–water partition coefficient (Wildman–Crippen LogP) is 4.59. The average Bonchev–Trinajstić information content (AvgIpc) is 2.53. The number of ketones is 1. The SMILES string of the molecule is Cc1ccc(C(=O)/C=C/c2ccc(OC(C)C)cc2)cc1[N+](=O)[O-]. The highest BCUT2D eigenvalue weighted by atomic mass is 16.6. The minimum Gasteiger partial charge on any atom is -0.491 e. The smallest absolute Gasteiger partial charge is 0.273 e. The first-order chi connectivity index (χ1) is 11.4. The monoisotopic (exact) mass is 325 g/mol. The molecule has 2 rings (SSSR count). The Morgan fingerprint density at radius 3 is 2.42 bits per heavy atom. The van der Waals surface area contributed by atoms with E-state index in [4.69, 9.17) is 4.74 Å². The summed E-state index contributed by atoms with van der Waals surface area (Å²) < 4.78 is 5.56. The van der Waals surface area contributed by atoms with E-state index in [0.29, 0.717) is 11.1 Å². The third-order valence-electron chi connectivity index (χ3n) is 3.37. The second-order valence-corrected chi connectivity index (χ2v) is 5.69. The molecule has 0 aliphatic rings. The van der Waals surface area contributed by atoms with Gasteiger partial charge in [-0.2, -0.15) is 0 Å². The van der Waals surface area contributed by atoms with Crippen LogP contribution in [0, 0.1) is 17.0 Å². The molecule has 0 saturated carbocycles. The summed E-state index contributed by atoms with van der Waals surface area (Å²) in [4.78, 5) is 22.6. The molecule has 124 valence electrons. The van der Waals surface area contributed by atoms with E-state index in [1.165, 1.54) is 12.1 Å². The normalized spacial score (nSPS) is 11.0. The minimum atomic E-state index is -0.483. The van der Waals surface area contributed by atoms with E-state index in [2.05, 4.69) is 0 Å². The molecule has 0 saturated heterocycles. The fourth-order valence-corrected chi connectivity index (χ4v) is 2.16. The van der Waals surface area contributed by atoms with E-state index in [1.54, 1.807) is 25.1 Å². The molecule has 2 aromatic carbocycles. The Bertz CT molecular complexity index is 776. The van der Waals surface area contributed by atoms with E-state index < -0.39 is 4.92 Å². The van der Waals surface area contributed by atoms with Crippen molar-refractivity contribution < 1.29 is 14.5 Å². The molecular weight excluding hydrogens is 306 g/mol. The predicted molar refractivity (Wildman–Crippen MR) is 93.4 cm³/mol. The summed E-state index contributed by atoms with van der Waals surface area (Å²) in [7, 11) is 0. The van der Waals surface area contributed by atoms with Crippen molar-refractivity contribution in [3.8, 4) is 5.75 Å². The molecule has 2 aromatic rings. The lowest BCUT2D eigenvalue weighted by Crippen LogP contribution is -2.05. The van der Waals surface area contributed by atoms with Gasteiger partial charge >= 0.3 is 0 Å². The number of nitro groups is 1. The third kappa shape index (κ3) is 4.52. The van der Waals surface area contributed by atoms with Crippen molar-refractivity contribution in [2.75, 3.05) is 0 Å². The van der Waals surface area contributed by atoms with Crippen molar-refractivity contribution in [2.24, 2.45) is 0 Å². The molecule has 0 bridgehead atoms. The maximum Gasteiger partial charge on any atom is 0.273 e. The highest BCUT2D eigenvalue weighted by Gasteiger charge is 2.13. The van der Waals surface area contributed by atoms with Gasteiger partial charge in [-0.05, 0) is 44.5 Å². The molecule has 0 fully saturated rings. The molecule has 5 nitrogen and oxygen atoms in total. The first-order valence-electron chi connectivity index (χ1n) is 7.61. The molecule has 0 heterocycles. The van der Waals surface area contributed by atoms with Gasteiger partial charge in [0, 0.05) is 17.2 Å². The van der Waals surface area contributed by atoms with E-state index in [0.717, 1.165) is 11.3 Å². The molecule has 0 amide bonds. The summed E-state index contributed by atoms with van der Waals surface area (Å²) in [5.74, 6) is 0.489. The molecule has 0 radical (unpaired) electrons. The standard InChI is InChI=1S/C19H19NO4/c1-13(2)24-17-9-5-15(6-10-17)7-11-19(21)16-8-4-14(3)18(12-16)20(22)23/h4-13H,1-3H3/b11-7+. The number of hydrogen-bond donors (Lipinski definition) is 0. The van der Waals surface area contributed by atoms with E-state index >= 15 is 0 Å². The van der Waals surface area contributed by atoms with Crippen LogP contribution < -0.4 is 4.74 Å². The number of carbonyl (C=O) groups is 1. The van der Waals surface area contributed by atoms with Crippen molar-refractivity contribution in [3.63, 3.8) is 0 Å². The van der Waals surface area contributed by atoms with Gasteiger partial charge in [-0.25, -0.2) is 0 Å². The Morgan fingerprint density at radius 1 is 1.17 bits per heavy atom. The van der Waals surface area contributed by atoms with E-state index in [-0.39, 0.29) is 17.6 Å². The first kappa shape index (κ1) is 17.4. The Kier molecular flexibility index (Phi) is 5.47. The van der Waals surface area contributed by atoms with Crippen LogP contribution in [0.1, 0.15) is 35.3 Å².